The summed E-state index contributed by atoms with van der Waals surface area (Å²) in [7, 11) is 0. The van der Waals surface area contributed by atoms with Crippen molar-refractivity contribution in [3.05, 3.63) is 0 Å². The third-order valence-corrected chi connectivity index (χ3v) is 3.99. The Bertz CT molecular complexity index is 235. The molecule has 0 aliphatic carbocycles. The summed E-state index contributed by atoms with van der Waals surface area (Å²) in [5.74, 6) is 0. The highest BCUT2D eigenvalue weighted by Gasteiger charge is 2.31. The third kappa shape index (κ3) is 6.19. The average Bonchev–Trinajstić information content (AvgIpc) is 2.58. The third-order valence-electron chi connectivity index (χ3n) is 3.99. The minimum Gasteiger partial charge on any atom is -0.371 e. The molecule has 1 N–H and O–H groups in total. The molecule has 2 nitrogen and oxygen atoms in total. The average molecular weight is 255 g/mol. The molecule has 1 rings (SSSR count). The fraction of sp³-hybridized carbons (Fsp3) is 1.00. The maximum absolute atomic E-state index is 6.00. The minimum atomic E-state index is 0.100. The van der Waals surface area contributed by atoms with Crippen molar-refractivity contribution in [3.63, 3.8) is 0 Å². The maximum atomic E-state index is 6.00. The zero-order chi connectivity index (χ0) is 13.6. The number of rotatable bonds is 8. The van der Waals surface area contributed by atoms with Crippen LogP contribution in [-0.2, 0) is 4.74 Å². The summed E-state index contributed by atoms with van der Waals surface area (Å²) >= 11 is 0. The van der Waals surface area contributed by atoms with Gasteiger partial charge in [0.1, 0.15) is 0 Å². The number of ether oxygens (including phenoxy) is 1. The van der Waals surface area contributed by atoms with Gasteiger partial charge in [0.05, 0.1) is 11.7 Å². The van der Waals surface area contributed by atoms with Crippen molar-refractivity contribution in [2.24, 2.45) is 5.41 Å². The van der Waals surface area contributed by atoms with Gasteiger partial charge in [-0.15, -0.1) is 0 Å². The Labute approximate surface area is 114 Å². The van der Waals surface area contributed by atoms with E-state index in [4.69, 9.17) is 4.74 Å². The van der Waals surface area contributed by atoms with Crippen molar-refractivity contribution in [3.8, 4) is 0 Å². The van der Waals surface area contributed by atoms with E-state index in [1.807, 2.05) is 0 Å². The summed E-state index contributed by atoms with van der Waals surface area (Å²) in [5, 5.41) is 3.61. The van der Waals surface area contributed by atoms with Crippen LogP contribution in [0, 0.1) is 5.41 Å². The van der Waals surface area contributed by atoms with E-state index in [2.05, 4.69) is 39.9 Å². The van der Waals surface area contributed by atoms with Crippen LogP contribution in [0.15, 0.2) is 0 Å². The van der Waals surface area contributed by atoms with E-state index in [0.29, 0.717) is 11.5 Å². The Morgan fingerprint density at radius 3 is 2.56 bits per heavy atom. The summed E-state index contributed by atoms with van der Waals surface area (Å²) in [4.78, 5) is 0. The van der Waals surface area contributed by atoms with Crippen molar-refractivity contribution >= 4 is 0 Å². The zero-order valence-electron chi connectivity index (χ0n) is 13.1. The van der Waals surface area contributed by atoms with Gasteiger partial charge in [-0.1, -0.05) is 40.0 Å². The monoisotopic (exact) mass is 255 g/mol. The SMILES string of the molecule is CCCCCC(C)(C)CNCC1CCC(C)(C)O1. The predicted octanol–water partition coefficient (Wildman–Crippen LogP) is 4.14. The lowest BCUT2D eigenvalue weighted by molar-refractivity contribution is -0.0148. The lowest BCUT2D eigenvalue weighted by Gasteiger charge is -2.26. The lowest BCUT2D eigenvalue weighted by Crippen LogP contribution is -2.35. The van der Waals surface area contributed by atoms with E-state index in [9.17, 15) is 0 Å². The van der Waals surface area contributed by atoms with Crippen LogP contribution in [0.3, 0.4) is 0 Å². The fourth-order valence-electron chi connectivity index (χ4n) is 2.73. The molecule has 1 atom stereocenters. The molecule has 1 aliphatic rings. The molecule has 0 radical (unpaired) electrons. The number of hydrogen-bond donors (Lipinski definition) is 1. The molecular formula is C16H33NO. The Morgan fingerprint density at radius 2 is 2.00 bits per heavy atom. The van der Waals surface area contributed by atoms with Crippen LogP contribution in [0.5, 0.6) is 0 Å². The predicted molar refractivity (Wildman–Crippen MR) is 79.0 cm³/mol. The van der Waals surface area contributed by atoms with Gasteiger partial charge in [-0.25, -0.2) is 0 Å². The molecule has 2 heteroatoms. The van der Waals surface area contributed by atoms with E-state index in [0.717, 1.165) is 13.1 Å². The van der Waals surface area contributed by atoms with E-state index < -0.39 is 0 Å². The first kappa shape index (κ1) is 16.0. The highest BCUT2D eigenvalue weighted by atomic mass is 16.5. The van der Waals surface area contributed by atoms with Crippen molar-refractivity contribution in [1.82, 2.24) is 5.32 Å². The van der Waals surface area contributed by atoms with E-state index in [1.165, 1.54) is 38.5 Å². The first-order chi connectivity index (χ1) is 8.35. The highest BCUT2D eigenvalue weighted by Crippen LogP contribution is 2.29. The van der Waals surface area contributed by atoms with Crippen molar-refractivity contribution in [2.45, 2.75) is 84.8 Å². The summed E-state index contributed by atoms with van der Waals surface area (Å²) in [6.07, 6.45) is 8.18. The van der Waals surface area contributed by atoms with Crippen LogP contribution in [0.1, 0.15) is 73.1 Å². The second-order valence-corrected chi connectivity index (χ2v) is 7.29. The molecule has 18 heavy (non-hydrogen) atoms. The van der Waals surface area contributed by atoms with Crippen LogP contribution in [-0.4, -0.2) is 24.8 Å². The van der Waals surface area contributed by atoms with Crippen LogP contribution in [0.25, 0.3) is 0 Å². The van der Waals surface area contributed by atoms with Gasteiger partial charge in [-0.3, -0.25) is 0 Å². The number of nitrogens with one attached hydrogen (secondary N) is 1. The second kappa shape index (κ2) is 6.91. The topological polar surface area (TPSA) is 21.3 Å². The molecule has 0 saturated carbocycles. The van der Waals surface area contributed by atoms with Crippen molar-refractivity contribution < 1.29 is 4.74 Å². The van der Waals surface area contributed by atoms with Crippen LogP contribution >= 0.6 is 0 Å². The molecular weight excluding hydrogens is 222 g/mol. The fourth-order valence-corrected chi connectivity index (χ4v) is 2.73. The zero-order valence-corrected chi connectivity index (χ0v) is 13.1. The maximum Gasteiger partial charge on any atom is 0.0707 e. The van der Waals surface area contributed by atoms with Gasteiger partial charge >= 0.3 is 0 Å². The largest absolute Gasteiger partial charge is 0.371 e. The quantitative estimate of drug-likeness (QED) is 0.658. The Hall–Kier alpha value is -0.0800. The van der Waals surface area contributed by atoms with Gasteiger partial charge in [0.25, 0.3) is 0 Å². The summed E-state index contributed by atoms with van der Waals surface area (Å²) in [5.41, 5.74) is 0.520. The molecule has 0 amide bonds. The van der Waals surface area contributed by atoms with Crippen LogP contribution in [0.4, 0.5) is 0 Å². The van der Waals surface area contributed by atoms with Gasteiger partial charge in [-0.05, 0) is 38.5 Å². The highest BCUT2D eigenvalue weighted by molar-refractivity contribution is 4.82. The molecule has 1 saturated heterocycles. The Morgan fingerprint density at radius 1 is 1.28 bits per heavy atom. The van der Waals surface area contributed by atoms with Crippen molar-refractivity contribution in [1.29, 1.82) is 0 Å². The smallest absolute Gasteiger partial charge is 0.0707 e. The Balaban J connectivity index is 2.13. The standard InChI is InChI=1S/C16H33NO/c1-6-7-8-10-15(2,3)13-17-12-14-9-11-16(4,5)18-14/h14,17H,6-13H2,1-5H3. The molecule has 1 heterocycles. The first-order valence-corrected chi connectivity index (χ1v) is 7.73. The van der Waals surface area contributed by atoms with Crippen LogP contribution < -0.4 is 5.32 Å². The molecule has 1 unspecified atom stereocenters. The number of hydrogen-bond acceptors (Lipinski definition) is 2. The van der Waals surface area contributed by atoms with E-state index in [-0.39, 0.29) is 5.60 Å². The minimum absolute atomic E-state index is 0.100. The normalized spacial score (nSPS) is 23.5. The van der Waals surface area contributed by atoms with Crippen molar-refractivity contribution in [2.75, 3.05) is 13.1 Å². The second-order valence-electron chi connectivity index (χ2n) is 7.29. The molecule has 108 valence electrons. The number of unbranched alkanes of at least 4 members (excludes halogenated alkanes) is 2. The van der Waals surface area contributed by atoms with Gasteiger partial charge in [0.15, 0.2) is 0 Å². The first-order valence-electron chi connectivity index (χ1n) is 7.73. The summed E-state index contributed by atoms with van der Waals surface area (Å²) in [6.45, 7) is 13.5. The van der Waals surface area contributed by atoms with Gasteiger partial charge in [-0.2, -0.15) is 0 Å². The molecule has 0 aromatic carbocycles. The van der Waals surface area contributed by atoms with Gasteiger partial charge in [0, 0.05) is 13.1 Å². The molecule has 1 aliphatic heterocycles. The Kier molecular flexibility index (Phi) is 6.13. The van der Waals surface area contributed by atoms with Crippen LogP contribution in [0.2, 0.25) is 0 Å². The molecule has 0 bridgehead atoms. The summed E-state index contributed by atoms with van der Waals surface area (Å²) < 4.78 is 6.00. The summed E-state index contributed by atoms with van der Waals surface area (Å²) in [6, 6.07) is 0. The lowest BCUT2D eigenvalue weighted by atomic mass is 9.87. The molecule has 0 aromatic rings. The van der Waals surface area contributed by atoms with Gasteiger partial charge < -0.3 is 10.1 Å². The molecule has 1 fully saturated rings. The van der Waals surface area contributed by atoms with E-state index in [1.54, 1.807) is 0 Å². The van der Waals surface area contributed by atoms with E-state index >= 15 is 0 Å². The molecule has 0 aromatic heterocycles. The van der Waals surface area contributed by atoms with Gasteiger partial charge in [0.2, 0.25) is 0 Å². The molecule has 0 spiro atoms.